The molecule has 140 valence electrons. The number of imidazole rings is 1. The number of aromatic nitrogens is 3. The Labute approximate surface area is 161 Å². The number of benzene rings is 2. The van der Waals surface area contributed by atoms with E-state index in [4.69, 9.17) is 0 Å². The fraction of sp³-hybridized carbons (Fsp3) is 0.0952. The smallest absolute Gasteiger partial charge is 0.335 e. The van der Waals surface area contributed by atoms with Crippen LogP contribution in [0.3, 0.4) is 0 Å². The minimum Gasteiger partial charge on any atom is -0.478 e. The van der Waals surface area contributed by atoms with Gasteiger partial charge >= 0.3 is 5.97 Å². The second-order valence-corrected chi connectivity index (χ2v) is 6.57. The van der Waals surface area contributed by atoms with Gasteiger partial charge in [-0.1, -0.05) is 18.2 Å². The molecule has 0 saturated heterocycles. The molecule has 0 saturated carbocycles. The van der Waals surface area contributed by atoms with E-state index in [-0.39, 0.29) is 5.56 Å². The summed E-state index contributed by atoms with van der Waals surface area (Å²) in [4.78, 5) is 22.2. The highest BCUT2D eigenvalue weighted by atomic mass is 16.4. The minimum absolute atomic E-state index is 0.236. The normalized spacial score (nSPS) is 10.8. The van der Waals surface area contributed by atoms with Crippen molar-refractivity contribution < 1.29 is 9.90 Å². The van der Waals surface area contributed by atoms with E-state index in [1.807, 2.05) is 59.9 Å². The van der Waals surface area contributed by atoms with Crippen LogP contribution in [0, 0.1) is 0 Å². The lowest BCUT2D eigenvalue weighted by Gasteiger charge is -2.14. The van der Waals surface area contributed by atoms with E-state index in [9.17, 15) is 9.90 Å². The van der Waals surface area contributed by atoms with Gasteiger partial charge in [0.2, 0.25) is 0 Å². The molecule has 2 aromatic heterocycles. The number of hydrogen-bond acceptors (Lipinski definition) is 5. The van der Waals surface area contributed by atoms with E-state index in [1.165, 1.54) is 0 Å². The first kappa shape index (κ1) is 17.5. The SMILES string of the molecule is CN(C)c1cccc(Nc2nccn3c(-c4cccc(C(=O)O)c4)cnc23)c1. The molecule has 0 amide bonds. The summed E-state index contributed by atoms with van der Waals surface area (Å²) < 4.78 is 1.89. The van der Waals surface area contributed by atoms with Gasteiger partial charge in [-0.25, -0.2) is 14.8 Å². The fourth-order valence-corrected chi connectivity index (χ4v) is 3.03. The maximum Gasteiger partial charge on any atom is 0.335 e. The van der Waals surface area contributed by atoms with Crippen LogP contribution >= 0.6 is 0 Å². The van der Waals surface area contributed by atoms with Crippen LogP contribution in [0.2, 0.25) is 0 Å². The number of anilines is 3. The number of rotatable bonds is 5. The number of nitrogens with one attached hydrogen (secondary N) is 1. The average molecular weight is 373 g/mol. The van der Waals surface area contributed by atoms with E-state index < -0.39 is 5.97 Å². The predicted molar refractivity (Wildman–Crippen MR) is 109 cm³/mol. The maximum absolute atomic E-state index is 11.3. The van der Waals surface area contributed by atoms with Gasteiger partial charge in [0.1, 0.15) is 0 Å². The first-order valence-corrected chi connectivity index (χ1v) is 8.73. The number of carboxylic acids is 1. The van der Waals surface area contributed by atoms with Crippen molar-refractivity contribution >= 4 is 28.8 Å². The topological polar surface area (TPSA) is 82.8 Å². The van der Waals surface area contributed by atoms with Crippen molar-refractivity contribution in [2.45, 2.75) is 0 Å². The number of carboxylic acid groups (broad SMARTS) is 1. The quantitative estimate of drug-likeness (QED) is 0.552. The van der Waals surface area contributed by atoms with E-state index in [0.29, 0.717) is 11.5 Å². The van der Waals surface area contributed by atoms with Gasteiger partial charge in [-0.3, -0.25) is 4.40 Å². The van der Waals surface area contributed by atoms with E-state index in [1.54, 1.807) is 30.6 Å². The summed E-state index contributed by atoms with van der Waals surface area (Å²) in [6.07, 6.45) is 5.23. The van der Waals surface area contributed by atoms with Crippen LogP contribution in [0.1, 0.15) is 10.4 Å². The van der Waals surface area contributed by atoms with E-state index in [0.717, 1.165) is 22.6 Å². The number of carbonyl (C=O) groups is 1. The highest BCUT2D eigenvalue weighted by molar-refractivity contribution is 5.89. The molecular weight excluding hydrogens is 354 g/mol. The summed E-state index contributed by atoms with van der Waals surface area (Å²) in [7, 11) is 3.98. The summed E-state index contributed by atoms with van der Waals surface area (Å²) in [6.45, 7) is 0. The van der Waals surface area contributed by atoms with Crippen LogP contribution in [-0.4, -0.2) is 39.5 Å². The van der Waals surface area contributed by atoms with Gasteiger partial charge in [-0.05, 0) is 30.3 Å². The van der Waals surface area contributed by atoms with Crippen molar-refractivity contribution in [3.05, 3.63) is 72.7 Å². The van der Waals surface area contributed by atoms with Gasteiger partial charge in [-0.15, -0.1) is 0 Å². The molecule has 4 rings (SSSR count). The first-order valence-electron chi connectivity index (χ1n) is 8.73. The average Bonchev–Trinajstić information content (AvgIpc) is 3.13. The molecule has 0 aliphatic heterocycles. The number of aromatic carboxylic acids is 1. The number of fused-ring (bicyclic) bond motifs is 1. The lowest BCUT2D eigenvalue weighted by atomic mass is 10.1. The Morgan fingerprint density at radius 3 is 2.71 bits per heavy atom. The van der Waals surface area contributed by atoms with Crippen LogP contribution in [0.25, 0.3) is 16.9 Å². The standard InChI is InChI=1S/C21H19N5O2/c1-25(2)17-8-4-7-16(12-17)24-19-20-23-13-18(26(20)10-9-22-19)14-5-3-6-15(11-14)21(27)28/h3-13H,1-2H3,(H,22,24)(H,27,28). The van der Waals surface area contributed by atoms with Crippen LogP contribution in [0.4, 0.5) is 17.2 Å². The summed E-state index contributed by atoms with van der Waals surface area (Å²) in [5, 5.41) is 12.6. The Balaban J connectivity index is 1.74. The second-order valence-electron chi connectivity index (χ2n) is 6.57. The lowest BCUT2D eigenvalue weighted by Crippen LogP contribution is -2.08. The number of nitrogens with zero attached hydrogens (tertiary/aromatic N) is 4. The fourth-order valence-electron chi connectivity index (χ4n) is 3.03. The highest BCUT2D eigenvalue weighted by Gasteiger charge is 2.12. The van der Waals surface area contributed by atoms with Gasteiger partial charge in [0.05, 0.1) is 17.5 Å². The Kier molecular flexibility index (Phi) is 4.41. The molecule has 7 heteroatoms. The molecular formula is C21H19N5O2. The van der Waals surface area contributed by atoms with Gasteiger partial charge in [0.25, 0.3) is 0 Å². The molecule has 4 aromatic rings. The zero-order chi connectivity index (χ0) is 19.7. The summed E-state index contributed by atoms with van der Waals surface area (Å²) in [5.41, 5.74) is 4.45. The first-order chi connectivity index (χ1) is 13.5. The van der Waals surface area contributed by atoms with Crippen molar-refractivity contribution in [3.8, 4) is 11.3 Å². The highest BCUT2D eigenvalue weighted by Crippen LogP contribution is 2.27. The molecule has 0 atom stereocenters. The minimum atomic E-state index is -0.958. The zero-order valence-electron chi connectivity index (χ0n) is 15.5. The second kappa shape index (κ2) is 7.03. The van der Waals surface area contributed by atoms with Gasteiger partial charge in [0, 0.05) is 43.4 Å². The third-order valence-corrected chi connectivity index (χ3v) is 4.46. The van der Waals surface area contributed by atoms with Crippen LogP contribution < -0.4 is 10.2 Å². The van der Waals surface area contributed by atoms with Crippen molar-refractivity contribution in [1.29, 1.82) is 0 Å². The Morgan fingerprint density at radius 2 is 1.93 bits per heavy atom. The molecule has 2 heterocycles. The zero-order valence-corrected chi connectivity index (χ0v) is 15.5. The van der Waals surface area contributed by atoms with Crippen molar-refractivity contribution in [2.24, 2.45) is 0 Å². The van der Waals surface area contributed by atoms with Crippen LogP contribution in [-0.2, 0) is 0 Å². The van der Waals surface area contributed by atoms with Crippen LogP contribution in [0.5, 0.6) is 0 Å². The third-order valence-electron chi connectivity index (χ3n) is 4.46. The molecule has 0 fully saturated rings. The molecule has 7 nitrogen and oxygen atoms in total. The monoisotopic (exact) mass is 373 g/mol. The predicted octanol–water partition coefficient (Wildman–Crippen LogP) is 3.90. The molecule has 0 bridgehead atoms. The molecule has 0 aliphatic carbocycles. The van der Waals surface area contributed by atoms with Crippen molar-refractivity contribution in [3.63, 3.8) is 0 Å². The Hall–Kier alpha value is -3.87. The van der Waals surface area contributed by atoms with Gasteiger partial charge < -0.3 is 15.3 Å². The molecule has 0 radical (unpaired) electrons. The molecule has 0 unspecified atom stereocenters. The van der Waals surface area contributed by atoms with Crippen molar-refractivity contribution in [1.82, 2.24) is 14.4 Å². The molecule has 2 aromatic carbocycles. The summed E-state index contributed by atoms with van der Waals surface area (Å²) in [6, 6.07) is 14.8. The molecule has 0 aliphatic rings. The third kappa shape index (κ3) is 3.25. The van der Waals surface area contributed by atoms with E-state index in [2.05, 4.69) is 15.3 Å². The summed E-state index contributed by atoms with van der Waals surface area (Å²) >= 11 is 0. The lowest BCUT2D eigenvalue weighted by molar-refractivity contribution is 0.0697. The molecule has 28 heavy (non-hydrogen) atoms. The summed E-state index contributed by atoms with van der Waals surface area (Å²) in [5.74, 6) is -0.334. The Bertz CT molecular complexity index is 1170. The maximum atomic E-state index is 11.3. The molecule has 2 N–H and O–H groups in total. The largest absolute Gasteiger partial charge is 0.478 e. The molecule has 0 spiro atoms. The van der Waals surface area contributed by atoms with Crippen molar-refractivity contribution in [2.75, 3.05) is 24.3 Å². The number of hydrogen-bond donors (Lipinski definition) is 2. The van der Waals surface area contributed by atoms with Gasteiger partial charge in [0.15, 0.2) is 11.5 Å². The van der Waals surface area contributed by atoms with Gasteiger partial charge in [-0.2, -0.15) is 0 Å². The Morgan fingerprint density at radius 1 is 1.11 bits per heavy atom. The van der Waals surface area contributed by atoms with Crippen LogP contribution in [0.15, 0.2) is 67.1 Å². The van der Waals surface area contributed by atoms with E-state index >= 15 is 0 Å².